The molecule has 0 aromatic rings. The number of likely N-dealkylation sites (tertiary alicyclic amines) is 1. The number of Topliss-reactive ketones (excluding diaryl/α,β-unsaturated/α-hetero) is 1. The number of carbonyl (C=O) groups is 1. The van der Waals surface area contributed by atoms with Gasteiger partial charge in [0.05, 0.1) is 0 Å². The molecule has 4 N–H and O–H groups in total. The molecule has 1 heterocycles. The molecule has 0 saturated carbocycles. The first-order valence-electron chi connectivity index (χ1n) is 7.41. The van der Waals surface area contributed by atoms with Crippen molar-refractivity contribution in [2.75, 3.05) is 20.2 Å². The molecule has 1 rings (SSSR count). The van der Waals surface area contributed by atoms with Crippen molar-refractivity contribution in [3.05, 3.63) is 0 Å². The number of aliphatic imine (C=N–C) groups is 1. The number of rotatable bonds is 7. The van der Waals surface area contributed by atoms with E-state index in [9.17, 15) is 4.79 Å². The van der Waals surface area contributed by atoms with E-state index in [1.54, 1.807) is 14.0 Å². The Kier molecular flexibility index (Phi) is 7.54. The van der Waals surface area contributed by atoms with E-state index >= 15 is 0 Å². The summed E-state index contributed by atoms with van der Waals surface area (Å²) < 4.78 is 5.89. The summed E-state index contributed by atoms with van der Waals surface area (Å²) in [5.41, 5.74) is 12.0. The molecule has 20 heavy (non-hydrogen) atoms. The molecule has 1 aliphatic heterocycles. The predicted octanol–water partition coefficient (Wildman–Crippen LogP) is 0.846. The van der Waals surface area contributed by atoms with Crippen LogP contribution in [0, 0.1) is 0 Å². The maximum atomic E-state index is 10.8. The Morgan fingerprint density at radius 2 is 2.15 bits per heavy atom. The Balaban J connectivity index is 2.32. The van der Waals surface area contributed by atoms with Crippen LogP contribution in [0.5, 0.6) is 0 Å². The molecule has 0 amide bonds. The topological polar surface area (TPSA) is 93.9 Å². The Hall–Kier alpha value is -1.14. The molecule has 1 saturated heterocycles. The van der Waals surface area contributed by atoms with Crippen LogP contribution in [0.15, 0.2) is 4.99 Å². The summed E-state index contributed by atoms with van der Waals surface area (Å²) in [7, 11) is 1.67. The second-order valence-corrected chi connectivity index (χ2v) is 5.36. The summed E-state index contributed by atoms with van der Waals surface area (Å²) in [5, 5.41) is 0. The van der Waals surface area contributed by atoms with Crippen molar-refractivity contribution in [3.63, 3.8) is 0 Å². The zero-order chi connectivity index (χ0) is 15.0. The van der Waals surface area contributed by atoms with E-state index in [4.69, 9.17) is 16.2 Å². The molecule has 0 spiro atoms. The molecule has 6 heteroatoms. The van der Waals surface area contributed by atoms with Crippen molar-refractivity contribution in [2.24, 2.45) is 16.5 Å². The van der Waals surface area contributed by atoms with Gasteiger partial charge in [-0.15, -0.1) is 0 Å². The van der Waals surface area contributed by atoms with Gasteiger partial charge in [0.1, 0.15) is 12.0 Å². The molecule has 1 aliphatic rings. The Labute approximate surface area is 121 Å². The van der Waals surface area contributed by atoms with Gasteiger partial charge >= 0.3 is 0 Å². The van der Waals surface area contributed by atoms with Crippen LogP contribution >= 0.6 is 0 Å². The first kappa shape index (κ1) is 16.9. The largest absolute Gasteiger partial charge is 0.370 e. The minimum absolute atomic E-state index is 0.0266. The number of hydrogen-bond donors (Lipinski definition) is 2. The third-order valence-electron chi connectivity index (χ3n) is 3.60. The number of carbonyl (C=O) groups excluding carboxylic acids is 1. The van der Waals surface area contributed by atoms with Gasteiger partial charge in [0, 0.05) is 32.7 Å². The zero-order valence-electron chi connectivity index (χ0n) is 12.7. The lowest BCUT2D eigenvalue weighted by Gasteiger charge is -2.39. The third kappa shape index (κ3) is 5.46. The highest BCUT2D eigenvalue weighted by Crippen LogP contribution is 2.17. The lowest BCUT2D eigenvalue weighted by Crippen LogP contribution is -2.57. The van der Waals surface area contributed by atoms with Crippen LogP contribution in [0.25, 0.3) is 0 Å². The fourth-order valence-electron chi connectivity index (χ4n) is 2.44. The van der Waals surface area contributed by atoms with E-state index in [-0.39, 0.29) is 18.1 Å². The van der Waals surface area contributed by atoms with E-state index in [0.29, 0.717) is 19.0 Å². The van der Waals surface area contributed by atoms with Crippen molar-refractivity contribution in [2.45, 2.75) is 57.7 Å². The normalized spacial score (nSPS) is 23.9. The number of piperidine rings is 1. The van der Waals surface area contributed by atoms with Gasteiger partial charge < -0.3 is 25.9 Å². The number of ether oxygens (including phenoxy) is 1. The highest BCUT2D eigenvalue weighted by atomic mass is 16.5. The first-order valence-corrected chi connectivity index (χ1v) is 7.41. The SMILES string of the molecule is CN=C(N)N1CCCC(N)C1OCCCCCC(C)=O. The summed E-state index contributed by atoms with van der Waals surface area (Å²) >= 11 is 0. The lowest BCUT2D eigenvalue weighted by molar-refractivity contribution is -0.117. The number of ketones is 1. The van der Waals surface area contributed by atoms with Crippen molar-refractivity contribution in [3.8, 4) is 0 Å². The van der Waals surface area contributed by atoms with Gasteiger partial charge in [-0.05, 0) is 32.6 Å². The number of guanidine groups is 1. The molecule has 6 nitrogen and oxygen atoms in total. The highest BCUT2D eigenvalue weighted by Gasteiger charge is 2.30. The molecule has 0 aliphatic carbocycles. The molecule has 0 aromatic heterocycles. The van der Waals surface area contributed by atoms with Crippen molar-refractivity contribution >= 4 is 11.7 Å². The second kappa shape index (κ2) is 8.92. The minimum Gasteiger partial charge on any atom is -0.370 e. The Morgan fingerprint density at radius 1 is 1.40 bits per heavy atom. The van der Waals surface area contributed by atoms with Crippen LogP contribution in [0.3, 0.4) is 0 Å². The van der Waals surface area contributed by atoms with Gasteiger partial charge in [0.2, 0.25) is 0 Å². The van der Waals surface area contributed by atoms with E-state index in [1.165, 1.54) is 0 Å². The van der Waals surface area contributed by atoms with Gasteiger partial charge in [-0.2, -0.15) is 0 Å². The summed E-state index contributed by atoms with van der Waals surface area (Å²) in [6, 6.07) is -0.0266. The summed E-state index contributed by atoms with van der Waals surface area (Å²) in [6.07, 6.45) is 5.30. The van der Waals surface area contributed by atoms with Crippen LogP contribution in [0.4, 0.5) is 0 Å². The molecular formula is C14H28N4O2. The quantitative estimate of drug-likeness (QED) is 0.410. The molecule has 2 atom stereocenters. The van der Waals surface area contributed by atoms with Crippen LogP contribution in [0.2, 0.25) is 0 Å². The van der Waals surface area contributed by atoms with Crippen LogP contribution in [-0.2, 0) is 9.53 Å². The third-order valence-corrected chi connectivity index (χ3v) is 3.60. The van der Waals surface area contributed by atoms with Gasteiger partial charge in [0.15, 0.2) is 5.96 Å². The van der Waals surface area contributed by atoms with Crippen LogP contribution in [-0.4, -0.2) is 49.1 Å². The van der Waals surface area contributed by atoms with Crippen LogP contribution in [0.1, 0.15) is 45.4 Å². The van der Waals surface area contributed by atoms with Gasteiger partial charge in [-0.1, -0.05) is 6.42 Å². The highest BCUT2D eigenvalue weighted by molar-refractivity contribution is 5.78. The molecule has 0 aromatic carbocycles. The number of unbranched alkanes of at least 4 members (excludes halogenated alkanes) is 2. The predicted molar refractivity (Wildman–Crippen MR) is 80.4 cm³/mol. The van der Waals surface area contributed by atoms with Gasteiger partial charge in [-0.25, -0.2) is 0 Å². The average molecular weight is 284 g/mol. The summed E-state index contributed by atoms with van der Waals surface area (Å²) in [6.45, 7) is 3.11. The summed E-state index contributed by atoms with van der Waals surface area (Å²) in [4.78, 5) is 16.8. The fraction of sp³-hybridized carbons (Fsp3) is 0.857. The van der Waals surface area contributed by atoms with Crippen molar-refractivity contribution in [1.29, 1.82) is 0 Å². The monoisotopic (exact) mass is 284 g/mol. The number of hydrogen-bond acceptors (Lipinski definition) is 4. The molecule has 1 fully saturated rings. The molecule has 0 radical (unpaired) electrons. The van der Waals surface area contributed by atoms with Crippen LogP contribution < -0.4 is 11.5 Å². The fourth-order valence-corrected chi connectivity index (χ4v) is 2.44. The second-order valence-electron chi connectivity index (χ2n) is 5.36. The molecule has 116 valence electrons. The molecular weight excluding hydrogens is 256 g/mol. The van der Waals surface area contributed by atoms with E-state index in [0.717, 1.165) is 38.6 Å². The number of nitrogens with two attached hydrogens (primary N) is 2. The first-order chi connectivity index (χ1) is 9.56. The molecule has 0 bridgehead atoms. The van der Waals surface area contributed by atoms with Gasteiger partial charge in [-0.3, -0.25) is 4.99 Å². The zero-order valence-corrected chi connectivity index (χ0v) is 12.7. The smallest absolute Gasteiger partial charge is 0.193 e. The number of nitrogens with zero attached hydrogens (tertiary/aromatic N) is 2. The van der Waals surface area contributed by atoms with Crippen molar-refractivity contribution in [1.82, 2.24) is 4.90 Å². The maximum absolute atomic E-state index is 10.8. The Bertz CT molecular complexity index is 333. The minimum atomic E-state index is -0.180. The Morgan fingerprint density at radius 3 is 2.80 bits per heavy atom. The van der Waals surface area contributed by atoms with E-state index < -0.39 is 0 Å². The standard InChI is InChI=1S/C14H28N4O2/c1-11(19)7-4-3-5-10-20-13-12(15)8-6-9-18(13)14(16)17-2/h12-13H,3-10,15H2,1-2H3,(H2,16,17). The lowest BCUT2D eigenvalue weighted by atomic mass is 10.0. The molecule has 2 unspecified atom stereocenters. The van der Waals surface area contributed by atoms with E-state index in [1.807, 2.05) is 4.90 Å². The summed E-state index contributed by atoms with van der Waals surface area (Å²) in [5.74, 6) is 0.736. The van der Waals surface area contributed by atoms with E-state index in [2.05, 4.69) is 4.99 Å². The maximum Gasteiger partial charge on any atom is 0.193 e. The van der Waals surface area contributed by atoms with Crippen molar-refractivity contribution < 1.29 is 9.53 Å². The average Bonchev–Trinajstić information content (AvgIpc) is 2.42. The van der Waals surface area contributed by atoms with Gasteiger partial charge in [0.25, 0.3) is 0 Å².